The maximum atomic E-state index is 13.6. The summed E-state index contributed by atoms with van der Waals surface area (Å²) in [5.74, 6) is -1.12. The summed E-state index contributed by atoms with van der Waals surface area (Å²) in [5.41, 5.74) is 1.44. The summed E-state index contributed by atoms with van der Waals surface area (Å²) in [7, 11) is -3.66. The molecule has 3 aromatic carbocycles. The number of hydrogen-bond acceptors (Lipinski definition) is 5. The van der Waals surface area contributed by atoms with E-state index in [2.05, 4.69) is 4.98 Å². The summed E-state index contributed by atoms with van der Waals surface area (Å²) >= 11 is 7.02. The van der Waals surface area contributed by atoms with Crippen LogP contribution in [0.25, 0.3) is 10.2 Å². The van der Waals surface area contributed by atoms with Crippen molar-refractivity contribution in [3.8, 4) is 0 Å². The van der Waals surface area contributed by atoms with Gasteiger partial charge >= 0.3 is 0 Å². The van der Waals surface area contributed by atoms with Gasteiger partial charge in [0.25, 0.3) is 0 Å². The molecule has 0 atom stereocenters. The summed E-state index contributed by atoms with van der Waals surface area (Å²) in [4.78, 5) is 19.2. The third-order valence-electron chi connectivity index (χ3n) is 4.81. The van der Waals surface area contributed by atoms with Crippen molar-refractivity contribution in [2.24, 2.45) is 0 Å². The van der Waals surface area contributed by atoms with Crippen molar-refractivity contribution in [1.82, 2.24) is 4.98 Å². The Kier molecular flexibility index (Phi) is 6.55. The second-order valence-electron chi connectivity index (χ2n) is 7.10. The molecule has 32 heavy (non-hydrogen) atoms. The highest BCUT2D eigenvalue weighted by Gasteiger charge is 2.23. The number of fused-ring (bicyclic) bond motifs is 1. The molecule has 0 radical (unpaired) electrons. The summed E-state index contributed by atoms with van der Waals surface area (Å²) < 4.78 is 39.6. The van der Waals surface area contributed by atoms with Crippen LogP contribution in [0.3, 0.4) is 0 Å². The highest BCUT2D eigenvalue weighted by Crippen LogP contribution is 2.31. The Morgan fingerprint density at radius 3 is 2.47 bits per heavy atom. The van der Waals surface area contributed by atoms with Crippen LogP contribution in [0.2, 0.25) is 5.02 Å². The molecule has 164 valence electrons. The third-order valence-corrected chi connectivity index (χ3v) is 7.84. The fourth-order valence-corrected chi connectivity index (χ4v) is 5.51. The molecule has 0 aliphatic rings. The lowest BCUT2D eigenvalue weighted by atomic mass is 10.2. The van der Waals surface area contributed by atoms with Gasteiger partial charge < -0.3 is 0 Å². The largest absolute Gasteiger partial charge is 0.284 e. The lowest BCUT2D eigenvalue weighted by Gasteiger charge is -2.20. The fourth-order valence-electron chi connectivity index (χ4n) is 3.15. The Labute approximate surface area is 194 Å². The average Bonchev–Trinajstić information content (AvgIpc) is 3.19. The standard InChI is InChI=1S/C23H18ClFN2O3S2/c24-17-6-9-19(10-7-17)32(29,30)13-12-22(28)27(15-16-4-2-1-3-5-16)23-26-20-11-8-18(25)14-21(20)31-23/h1-11,14H,12-13,15H2. The number of carbonyl (C=O) groups is 1. The van der Waals surface area contributed by atoms with Gasteiger partial charge in [-0.1, -0.05) is 53.3 Å². The van der Waals surface area contributed by atoms with E-state index in [4.69, 9.17) is 11.6 Å². The third kappa shape index (κ3) is 5.15. The highest BCUT2D eigenvalue weighted by molar-refractivity contribution is 7.91. The lowest BCUT2D eigenvalue weighted by molar-refractivity contribution is -0.118. The number of halogens is 2. The molecule has 0 N–H and O–H groups in total. The monoisotopic (exact) mass is 488 g/mol. The number of hydrogen-bond donors (Lipinski definition) is 0. The predicted octanol–water partition coefficient (Wildman–Crippen LogP) is 5.49. The molecule has 1 heterocycles. The number of nitrogens with zero attached hydrogens (tertiary/aromatic N) is 2. The van der Waals surface area contributed by atoms with Gasteiger partial charge in [-0.15, -0.1) is 0 Å². The van der Waals surface area contributed by atoms with Crippen LogP contribution in [0.5, 0.6) is 0 Å². The topological polar surface area (TPSA) is 67.3 Å². The molecule has 5 nitrogen and oxygen atoms in total. The van der Waals surface area contributed by atoms with Crippen LogP contribution in [0.4, 0.5) is 9.52 Å². The first-order valence-electron chi connectivity index (χ1n) is 9.70. The number of anilines is 1. The molecule has 0 saturated heterocycles. The maximum Gasteiger partial charge on any atom is 0.230 e. The molecular weight excluding hydrogens is 471 g/mol. The van der Waals surface area contributed by atoms with E-state index in [1.54, 1.807) is 6.07 Å². The number of amides is 1. The lowest BCUT2D eigenvalue weighted by Crippen LogP contribution is -2.31. The quantitative estimate of drug-likeness (QED) is 0.345. The fraction of sp³-hybridized carbons (Fsp3) is 0.130. The number of carbonyl (C=O) groups excluding carboxylic acids is 1. The minimum absolute atomic E-state index is 0.111. The van der Waals surface area contributed by atoms with Crippen molar-refractivity contribution in [1.29, 1.82) is 0 Å². The van der Waals surface area contributed by atoms with E-state index in [-0.39, 0.29) is 35.3 Å². The second-order valence-corrected chi connectivity index (χ2v) is 10.7. The molecule has 0 saturated carbocycles. The Bertz CT molecular complexity index is 1360. The van der Waals surface area contributed by atoms with Crippen molar-refractivity contribution in [3.05, 3.63) is 89.2 Å². The number of thiazole rings is 1. The van der Waals surface area contributed by atoms with Gasteiger partial charge in [-0.3, -0.25) is 9.69 Å². The first-order chi connectivity index (χ1) is 15.3. The molecule has 4 rings (SSSR count). The average molecular weight is 489 g/mol. The van der Waals surface area contributed by atoms with E-state index in [0.717, 1.165) is 5.56 Å². The minimum Gasteiger partial charge on any atom is -0.284 e. The van der Waals surface area contributed by atoms with Crippen LogP contribution in [-0.4, -0.2) is 25.1 Å². The van der Waals surface area contributed by atoms with Crippen molar-refractivity contribution in [2.45, 2.75) is 17.9 Å². The van der Waals surface area contributed by atoms with E-state index >= 15 is 0 Å². The first-order valence-corrected chi connectivity index (χ1v) is 12.6. The molecule has 0 unspecified atom stereocenters. The van der Waals surface area contributed by atoms with Crippen molar-refractivity contribution < 1.29 is 17.6 Å². The zero-order valence-electron chi connectivity index (χ0n) is 16.7. The zero-order valence-corrected chi connectivity index (χ0v) is 19.1. The van der Waals surface area contributed by atoms with Gasteiger partial charge in [-0.05, 0) is 48.0 Å². The Balaban J connectivity index is 1.60. The molecular formula is C23H18ClFN2O3S2. The maximum absolute atomic E-state index is 13.6. The van der Waals surface area contributed by atoms with Gasteiger partial charge in [0.15, 0.2) is 15.0 Å². The molecule has 0 aliphatic carbocycles. The molecule has 4 aromatic rings. The highest BCUT2D eigenvalue weighted by atomic mass is 35.5. The second kappa shape index (κ2) is 9.36. The molecule has 0 aliphatic heterocycles. The van der Waals surface area contributed by atoms with Crippen LogP contribution < -0.4 is 4.90 Å². The molecule has 0 spiro atoms. The van der Waals surface area contributed by atoms with Crippen LogP contribution in [0.15, 0.2) is 77.7 Å². The molecule has 1 aromatic heterocycles. The van der Waals surface area contributed by atoms with Crippen LogP contribution in [0.1, 0.15) is 12.0 Å². The van der Waals surface area contributed by atoms with E-state index in [9.17, 15) is 17.6 Å². The Morgan fingerprint density at radius 1 is 1.03 bits per heavy atom. The van der Waals surface area contributed by atoms with Crippen molar-refractivity contribution in [3.63, 3.8) is 0 Å². The first kappa shape index (κ1) is 22.4. The number of sulfone groups is 1. The summed E-state index contributed by atoms with van der Waals surface area (Å²) in [5, 5.41) is 0.824. The summed E-state index contributed by atoms with van der Waals surface area (Å²) in [6.45, 7) is 0.225. The van der Waals surface area contributed by atoms with Gasteiger partial charge in [0.1, 0.15) is 5.82 Å². The number of rotatable bonds is 7. The zero-order chi connectivity index (χ0) is 22.7. The predicted molar refractivity (Wildman–Crippen MR) is 125 cm³/mol. The van der Waals surface area contributed by atoms with E-state index in [1.807, 2.05) is 30.3 Å². The van der Waals surface area contributed by atoms with Crippen molar-refractivity contribution >= 4 is 54.0 Å². The van der Waals surface area contributed by atoms with E-state index in [0.29, 0.717) is 20.4 Å². The normalized spacial score (nSPS) is 11.6. The van der Waals surface area contributed by atoms with Gasteiger partial charge in [0.05, 0.1) is 27.4 Å². The van der Waals surface area contributed by atoms with Crippen LogP contribution >= 0.6 is 22.9 Å². The van der Waals surface area contributed by atoms with Crippen molar-refractivity contribution in [2.75, 3.05) is 10.7 Å². The van der Waals surface area contributed by atoms with Crippen LogP contribution in [0, 0.1) is 5.82 Å². The summed E-state index contributed by atoms with van der Waals surface area (Å²) in [6.07, 6.45) is -0.220. The molecule has 9 heteroatoms. The molecule has 0 fully saturated rings. The minimum atomic E-state index is -3.66. The van der Waals surface area contributed by atoms with Gasteiger partial charge in [0.2, 0.25) is 5.91 Å². The SMILES string of the molecule is O=C(CCS(=O)(=O)c1ccc(Cl)cc1)N(Cc1ccccc1)c1nc2ccc(F)cc2s1. The Morgan fingerprint density at radius 2 is 1.75 bits per heavy atom. The summed E-state index contributed by atoms with van der Waals surface area (Å²) in [6, 6.07) is 19.4. The number of benzene rings is 3. The van der Waals surface area contributed by atoms with Gasteiger partial charge in [-0.25, -0.2) is 17.8 Å². The van der Waals surface area contributed by atoms with Crippen LogP contribution in [-0.2, 0) is 21.2 Å². The molecule has 1 amide bonds. The smallest absolute Gasteiger partial charge is 0.230 e. The number of aromatic nitrogens is 1. The Hall–Kier alpha value is -2.81. The van der Waals surface area contributed by atoms with E-state index in [1.165, 1.54) is 52.6 Å². The molecule has 0 bridgehead atoms. The van der Waals surface area contributed by atoms with Gasteiger partial charge in [-0.2, -0.15) is 0 Å². The van der Waals surface area contributed by atoms with E-state index < -0.39 is 9.84 Å². The van der Waals surface area contributed by atoms with Gasteiger partial charge in [0, 0.05) is 11.4 Å².